The third-order valence-corrected chi connectivity index (χ3v) is 2.73. The van der Waals surface area contributed by atoms with Crippen molar-refractivity contribution >= 4 is 34.9 Å². The number of benzene rings is 1. The van der Waals surface area contributed by atoms with Crippen molar-refractivity contribution in [3.63, 3.8) is 0 Å². The van der Waals surface area contributed by atoms with Crippen molar-refractivity contribution in [3.05, 3.63) is 42.1 Å². The Balaban J connectivity index is 2.24. The van der Waals surface area contributed by atoms with Crippen LogP contribution < -0.4 is 10.2 Å². The highest BCUT2D eigenvalue weighted by Crippen LogP contribution is 2.20. The number of ether oxygens (including phenoxy) is 1. The number of amides is 1. The molecule has 0 saturated carbocycles. The van der Waals surface area contributed by atoms with Gasteiger partial charge in [-0.25, -0.2) is 4.79 Å². The standard InChI is InChI=1S/C13H12N2O3S/c1-2-18-11(16)8-10-12(17)15(13(19)14-10)9-6-4-3-5-7-9/h3-8H,2H2,1H3,(H,14,19)/b10-8+. The minimum Gasteiger partial charge on any atom is -0.463 e. The molecule has 6 heteroatoms. The van der Waals surface area contributed by atoms with E-state index in [1.54, 1.807) is 31.2 Å². The molecule has 1 saturated heterocycles. The molecule has 0 radical (unpaired) electrons. The summed E-state index contributed by atoms with van der Waals surface area (Å²) in [6.45, 7) is 1.95. The maximum absolute atomic E-state index is 12.2. The number of anilines is 1. The van der Waals surface area contributed by atoms with E-state index in [0.29, 0.717) is 5.69 Å². The van der Waals surface area contributed by atoms with Crippen LogP contribution >= 0.6 is 12.2 Å². The summed E-state index contributed by atoms with van der Waals surface area (Å²) >= 11 is 5.10. The van der Waals surface area contributed by atoms with Crippen LogP contribution in [0.5, 0.6) is 0 Å². The highest BCUT2D eigenvalue weighted by molar-refractivity contribution is 7.80. The molecule has 0 aromatic heterocycles. The van der Waals surface area contributed by atoms with Gasteiger partial charge in [-0.2, -0.15) is 0 Å². The van der Waals surface area contributed by atoms with Gasteiger partial charge in [0.1, 0.15) is 5.70 Å². The zero-order chi connectivity index (χ0) is 13.8. The van der Waals surface area contributed by atoms with Gasteiger partial charge in [-0.3, -0.25) is 9.69 Å². The SMILES string of the molecule is CCOC(=O)/C=C1/NC(=S)N(c2ccccc2)C1=O. The van der Waals surface area contributed by atoms with Gasteiger partial charge in [-0.05, 0) is 31.3 Å². The third kappa shape index (κ3) is 2.79. The Bertz CT molecular complexity index is 554. The Morgan fingerprint density at radius 3 is 2.74 bits per heavy atom. The van der Waals surface area contributed by atoms with Crippen molar-refractivity contribution in [2.75, 3.05) is 11.5 Å². The van der Waals surface area contributed by atoms with Crippen LogP contribution in [-0.2, 0) is 14.3 Å². The monoisotopic (exact) mass is 276 g/mol. The molecule has 2 rings (SSSR count). The average molecular weight is 276 g/mol. The van der Waals surface area contributed by atoms with Crippen molar-refractivity contribution in [1.82, 2.24) is 5.32 Å². The molecule has 1 fully saturated rings. The number of nitrogens with one attached hydrogen (secondary N) is 1. The van der Waals surface area contributed by atoms with Gasteiger partial charge >= 0.3 is 5.97 Å². The number of hydrogen-bond donors (Lipinski definition) is 1. The highest BCUT2D eigenvalue weighted by Gasteiger charge is 2.32. The van der Waals surface area contributed by atoms with Crippen LogP contribution in [0.1, 0.15) is 6.92 Å². The molecule has 1 aliphatic rings. The fraction of sp³-hybridized carbons (Fsp3) is 0.154. The lowest BCUT2D eigenvalue weighted by Crippen LogP contribution is -2.30. The molecule has 5 nitrogen and oxygen atoms in total. The fourth-order valence-corrected chi connectivity index (χ4v) is 1.95. The molecule has 98 valence electrons. The largest absolute Gasteiger partial charge is 0.463 e. The quantitative estimate of drug-likeness (QED) is 0.513. The predicted octanol–water partition coefficient (Wildman–Crippen LogP) is 1.35. The second-order valence-corrected chi connectivity index (χ2v) is 4.10. The van der Waals surface area contributed by atoms with Crippen LogP contribution in [0, 0.1) is 0 Å². The Labute approximate surface area is 115 Å². The van der Waals surface area contributed by atoms with Crippen LogP contribution in [0.2, 0.25) is 0 Å². The summed E-state index contributed by atoms with van der Waals surface area (Å²) in [6, 6.07) is 8.98. The molecule has 1 heterocycles. The van der Waals surface area contributed by atoms with Gasteiger partial charge < -0.3 is 10.1 Å². The maximum Gasteiger partial charge on any atom is 0.333 e. The molecule has 1 amide bonds. The van der Waals surface area contributed by atoms with Gasteiger partial charge in [0.25, 0.3) is 5.91 Å². The lowest BCUT2D eigenvalue weighted by molar-refractivity contribution is -0.137. The van der Waals surface area contributed by atoms with Gasteiger partial charge in [0.2, 0.25) is 0 Å². The fourth-order valence-electron chi connectivity index (χ4n) is 1.65. The van der Waals surface area contributed by atoms with E-state index in [1.807, 2.05) is 6.07 Å². The lowest BCUT2D eigenvalue weighted by Gasteiger charge is -2.13. The second-order valence-electron chi connectivity index (χ2n) is 3.72. The van der Waals surface area contributed by atoms with E-state index in [0.717, 1.165) is 6.08 Å². The van der Waals surface area contributed by atoms with E-state index in [1.165, 1.54) is 4.90 Å². The van der Waals surface area contributed by atoms with E-state index < -0.39 is 5.97 Å². The molecule has 0 aliphatic carbocycles. The number of hydrogen-bond acceptors (Lipinski definition) is 4. The van der Waals surface area contributed by atoms with E-state index in [2.05, 4.69) is 5.32 Å². The van der Waals surface area contributed by atoms with E-state index in [9.17, 15) is 9.59 Å². The molecule has 0 spiro atoms. The number of para-hydroxylation sites is 1. The lowest BCUT2D eigenvalue weighted by atomic mass is 10.3. The van der Waals surface area contributed by atoms with Crippen LogP contribution in [-0.4, -0.2) is 23.6 Å². The Kier molecular flexibility index (Phi) is 3.91. The van der Waals surface area contributed by atoms with E-state index >= 15 is 0 Å². The number of carbonyl (C=O) groups excluding carboxylic acids is 2. The van der Waals surface area contributed by atoms with Crippen LogP contribution in [0.15, 0.2) is 42.1 Å². The Hall–Kier alpha value is -2.21. The molecular formula is C13H12N2O3S. The zero-order valence-corrected chi connectivity index (χ0v) is 11.1. The van der Waals surface area contributed by atoms with Crippen LogP contribution in [0.4, 0.5) is 5.69 Å². The zero-order valence-electron chi connectivity index (χ0n) is 10.3. The van der Waals surface area contributed by atoms with Crippen molar-refractivity contribution in [2.45, 2.75) is 6.92 Å². The topological polar surface area (TPSA) is 58.6 Å². The van der Waals surface area contributed by atoms with Gasteiger partial charge in [-0.15, -0.1) is 0 Å². The van der Waals surface area contributed by atoms with Gasteiger partial charge in [0.05, 0.1) is 18.4 Å². The van der Waals surface area contributed by atoms with Crippen molar-refractivity contribution < 1.29 is 14.3 Å². The number of nitrogens with zero attached hydrogens (tertiary/aromatic N) is 1. The van der Waals surface area contributed by atoms with E-state index in [-0.39, 0.29) is 23.3 Å². The van der Waals surface area contributed by atoms with Gasteiger partial charge in [-0.1, -0.05) is 18.2 Å². The van der Waals surface area contributed by atoms with Crippen molar-refractivity contribution in [2.24, 2.45) is 0 Å². The average Bonchev–Trinajstić information content (AvgIpc) is 2.66. The first-order valence-corrected chi connectivity index (χ1v) is 6.13. The molecule has 1 aromatic rings. The summed E-state index contributed by atoms with van der Waals surface area (Å²) in [5, 5.41) is 2.95. The first-order valence-electron chi connectivity index (χ1n) is 5.72. The Morgan fingerprint density at radius 2 is 2.11 bits per heavy atom. The van der Waals surface area contributed by atoms with Crippen molar-refractivity contribution in [3.8, 4) is 0 Å². The summed E-state index contributed by atoms with van der Waals surface area (Å²) in [6.07, 6.45) is 1.11. The molecule has 1 N–H and O–H groups in total. The number of rotatable bonds is 3. The predicted molar refractivity (Wildman–Crippen MR) is 74.4 cm³/mol. The normalized spacial score (nSPS) is 16.7. The van der Waals surface area contributed by atoms with Crippen LogP contribution in [0.3, 0.4) is 0 Å². The first kappa shape index (κ1) is 13.2. The second kappa shape index (κ2) is 5.62. The van der Waals surface area contributed by atoms with Gasteiger partial charge in [0, 0.05) is 0 Å². The summed E-state index contributed by atoms with van der Waals surface area (Å²) in [4.78, 5) is 24.8. The molecule has 1 aliphatic heterocycles. The molecule has 1 aromatic carbocycles. The minimum atomic E-state index is -0.573. The van der Waals surface area contributed by atoms with E-state index in [4.69, 9.17) is 17.0 Å². The summed E-state index contributed by atoms with van der Waals surface area (Å²) in [5.74, 6) is -0.944. The number of carbonyl (C=O) groups is 2. The number of esters is 1. The summed E-state index contributed by atoms with van der Waals surface area (Å²) in [7, 11) is 0. The number of thiocarbonyl (C=S) groups is 1. The van der Waals surface area contributed by atoms with Crippen LogP contribution in [0.25, 0.3) is 0 Å². The molecule has 0 unspecified atom stereocenters. The highest BCUT2D eigenvalue weighted by atomic mass is 32.1. The molecule has 0 bridgehead atoms. The molecular weight excluding hydrogens is 264 g/mol. The minimum absolute atomic E-state index is 0.118. The van der Waals surface area contributed by atoms with Crippen molar-refractivity contribution in [1.29, 1.82) is 0 Å². The summed E-state index contributed by atoms with van der Waals surface area (Å²) < 4.78 is 4.76. The molecule has 19 heavy (non-hydrogen) atoms. The van der Waals surface area contributed by atoms with Gasteiger partial charge in [0.15, 0.2) is 5.11 Å². The first-order chi connectivity index (χ1) is 9.13. The smallest absolute Gasteiger partial charge is 0.333 e. The summed E-state index contributed by atoms with van der Waals surface area (Å²) in [5.41, 5.74) is 0.768. The molecule has 0 atom stereocenters. The third-order valence-electron chi connectivity index (χ3n) is 2.44. The Morgan fingerprint density at radius 1 is 1.42 bits per heavy atom. The maximum atomic E-state index is 12.2.